The van der Waals surface area contributed by atoms with Crippen LogP contribution in [0.5, 0.6) is 0 Å². The zero-order chi connectivity index (χ0) is 19.3. The van der Waals surface area contributed by atoms with Crippen LogP contribution < -0.4 is 0 Å². The Morgan fingerprint density at radius 3 is 2.38 bits per heavy atom. The van der Waals surface area contributed by atoms with Gasteiger partial charge in [0.05, 0.1) is 0 Å². The van der Waals surface area contributed by atoms with Crippen LogP contribution in [0.4, 0.5) is 4.79 Å². The monoisotopic (exact) mass is 366 g/mol. The lowest BCUT2D eigenvalue weighted by molar-refractivity contribution is -0.131. The lowest BCUT2D eigenvalue weighted by Crippen LogP contribution is -2.35. The van der Waals surface area contributed by atoms with Crippen molar-refractivity contribution in [2.24, 2.45) is 17.8 Å². The number of nitrogens with zero attached hydrogens (tertiary/aromatic N) is 2. The number of likely N-dealkylation sites (tertiary alicyclic amines) is 2. The lowest BCUT2D eigenvalue weighted by atomic mass is 9.89. The third-order valence-electron chi connectivity index (χ3n) is 5.77. The molecule has 0 aromatic rings. The van der Waals surface area contributed by atoms with Crippen LogP contribution >= 0.6 is 0 Å². The van der Waals surface area contributed by atoms with Crippen molar-refractivity contribution in [3.05, 3.63) is 0 Å². The molecule has 5 heteroatoms. The first kappa shape index (κ1) is 21.0. The second-order valence-corrected chi connectivity index (χ2v) is 9.44. The van der Waals surface area contributed by atoms with E-state index in [1.54, 1.807) is 4.90 Å². The van der Waals surface area contributed by atoms with E-state index < -0.39 is 5.60 Å². The average molecular weight is 367 g/mol. The van der Waals surface area contributed by atoms with E-state index in [4.69, 9.17) is 4.74 Å². The zero-order valence-electron chi connectivity index (χ0n) is 17.4. The highest BCUT2D eigenvalue weighted by atomic mass is 16.6. The standard InChI is InChI=1S/C21H38N2O3/c1-16(2)18-7-6-12-22(14-11-18)19(24)9-8-17-10-13-23(15-17)20(25)26-21(3,4)5/h16-18H,6-15H2,1-5H3/t17-,18-/m1/s1. The van der Waals surface area contributed by atoms with E-state index >= 15 is 0 Å². The van der Waals surface area contributed by atoms with Gasteiger partial charge >= 0.3 is 6.09 Å². The molecule has 2 saturated heterocycles. The lowest BCUT2D eigenvalue weighted by Gasteiger charge is -2.24. The summed E-state index contributed by atoms with van der Waals surface area (Å²) in [7, 11) is 0. The minimum atomic E-state index is -0.453. The highest BCUT2D eigenvalue weighted by molar-refractivity contribution is 5.76. The van der Waals surface area contributed by atoms with Crippen LogP contribution in [0.1, 0.15) is 73.1 Å². The van der Waals surface area contributed by atoms with Gasteiger partial charge in [0.1, 0.15) is 5.60 Å². The van der Waals surface area contributed by atoms with E-state index in [1.807, 2.05) is 20.8 Å². The molecule has 0 aliphatic carbocycles. The summed E-state index contributed by atoms with van der Waals surface area (Å²) in [5.74, 6) is 2.18. The molecule has 2 rings (SSSR count). The first-order valence-electron chi connectivity index (χ1n) is 10.4. The van der Waals surface area contributed by atoms with Gasteiger partial charge in [-0.1, -0.05) is 13.8 Å². The molecule has 2 heterocycles. The van der Waals surface area contributed by atoms with Gasteiger partial charge in [-0.05, 0) is 70.6 Å². The minimum Gasteiger partial charge on any atom is -0.444 e. The van der Waals surface area contributed by atoms with Crippen molar-refractivity contribution in [3.63, 3.8) is 0 Å². The Morgan fingerprint density at radius 1 is 1.04 bits per heavy atom. The number of carbonyl (C=O) groups is 2. The summed E-state index contributed by atoms with van der Waals surface area (Å²) in [6, 6.07) is 0. The van der Waals surface area contributed by atoms with Gasteiger partial charge < -0.3 is 14.5 Å². The molecule has 0 bridgehead atoms. The SMILES string of the molecule is CC(C)[C@@H]1CCCN(C(=O)CC[C@@H]2CCN(C(=O)OC(C)(C)C)C2)CC1. The number of hydrogen-bond donors (Lipinski definition) is 0. The van der Waals surface area contributed by atoms with Crippen LogP contribution in [0.25, 0.3) is 0 Å². The maximum absolute atomic E-state index is 12.6. The summed E-state index contributed by atoms with van der Waals surface area (Å²) in [6.45, 7) is 13.5. The predicted molar refractivity (Wildman–Crippen MR) is 104 cm³/mol. The quantitative estimate of drug-likeness (QED) is 0.745. The fourth-order valence-corrected chi connectivity index (χ4v) is 4.08. The molecule has 2 aliphatic rings. The Hall–Kier alpha value is -1.26. The molecule has 2 fully saturated rings. The third-order valence-corrected chi connectivity index (χ3v) is 5.77. The van der Waals surface area contributed by atoms with Gasteiger partial charge in [-0.15, -0.1) is 0 Å². The Balaban J connectivity index is 1.72. The van der Waals surface area contributed by atoms with E-state index in [0.29, 0.717) is 24.2 Å². The summed E-state index contributed by atoms with van der Waals surface area (Å²) >= 11 is 0. The largest absolute Gasteiger partial charge is 0.444 e. The highest BCUT2D eigenvalue weighted by Gasteiger charge is 2.30. The van der Waals surface area contributed by atoms with Crippen molar-refractivity contribution < 1.29 is 14.3 Å². The van der Waals surface area contributed by atoms with E-state index in [-0.39, 0.29) is 6.09 Å². The molecule has 0 spiro atoms. The zero-order valence-corrected chi connectivity index (χ0v) is 17.4. The maximum atomic E-state index is 12.6. The van der Waals surface area contributed by atoms with Crippen molar-refractivity contribution in [2.45, 2.75) is 78.7 Å². The average Bonchev–Trinajstić information content (AvgIpc) is 2.86. The second-order valence-electron chi connectivity index (χ2n) is 9.44. The van der Waals surface area contributed by atoms with Gasteiger partial charge in [-0.3, -0.25) is 4.79 Å². The Bertz CT molecular complexity index is 484. The van der Waals surface area contributed by atoms with Crippen LogP contribution in [0.2, 0.25) is 0 Å². The minimum absolute atomic E-state index is 0.224. The highest BCUT2D eigenvalue weighted by Crippen LogP contribution is 2.26. The second kappa shape index (κ2) is 9.09. The fraction of sp³-hybridized carbons (Fsp3) is 0.905. The van der Waals surface area contributed by atoms with Crippen molar-refractivity contribution >= 4 is 12.0 Å². The van der Waals surface area contributed by atoms with E-state index in [2.05, 4.69) is 18.7 Å². The van der Waals surface area contributed by atoms with Crippen LogP contribution in [0.3, 0.4) is 0 Å². The van der Waals surface area contributed by atoms with Crippen LogP contribution in [-0.4, -0.2) is 53.6 Å². The Kier molecular flexibility index (Phi) is 7.36. The number of hydrogen-bond acceptors (Lipinski definition) is 3. The van der Waals surface area contributed by atoms with E-state index in [1.165, 1.54) is 6.42 Å². The molecule has 0 unspecified atom stereocenters. The maximum Gasteiger partial charge on any atom is 0.410 e. The van der Waals surface area contributed by atoms with Crippen molar-refractivity contribution in [2.75, 3.05) is 26.2 Å². The summed E-state index contributed by atoms with van der Waals surface area (Å²) in [5.41, 5.74) is -0.453. The Morgan fingerprint density at radius 2 is 1.73 bits per heavy atom. The normalized spacial score (nSPS) is 24.7. The van der Waals surface area contributed by atoms with Crippen LogP contribution in [0.15, 0.2) is 0 Å². The van der Waals surface area contributed by atoms with Gasteiger partial charge in [0, 0.05) is 32.6 Å². The molecule has 0 aromatic carbocycles. The molecular formula is C21H38N2O3. The van der Waals surface area contributed by atoms with Gasteiger partial charge in [-0.25, -0.2) is 4.79 Å². The first-order valence-corrected chi connectivity index (χ1v) is 10.4. The van der Waals surface area contributed by atoms with E-state index in [0.717, 1.165) is 57.8 Å². The predicted octanol–water partition coefficient (Wildman–Crippen LogP) is 4.31. The number of carbonyl (C=O) groups excluding carboxylic acids is 2. The van der Waals surface area contributed by atoms with Crippen molar-refractivity contribution in [1.29, 1.82) is 0 Å². The smallest absolute Gasteiger partial charge is 0.410 e. The summed E-state index contributed by atoms with van der Waals surface area (Å²) < 4.78 is 5.45. The van der Waals surface area contributed by atoms with Crippen molar-refractivity contribution in [3.8, 4) is 0 Å². The first-order chi connectivity index (χ1) is 12.2. The number of amides is 2. The van der Waals surface area contributed by atoms with Crippen LogP contribution in [-0.2, 0) is 9.53 Å². The summed E-state index contributed by atoms with van der Waals surface area (Å²) in [5, 5.41) is 0. The molecule has 0 radical (unpaired) electrons. The van der Waals surface area contributed by atoms with E-state index in [9.17, 15) is 9.59 Å². The molecule has 0 aromatic heterocycles. The number of rotatable bonds is 4. The fourth-order valence-electron chi connectivity index (χ4n) is 4.08. The van der Waals surface area contributed by atoms with Gasteiger partial charge in [0.15, 0.2) is 0 Å². The van der Waals surface area contributed by atoms with Crippen LogP contribution in [0, 0.1) is 17.8 Å². The molecule has 150 valence electrons. The van der Waals surface area contributed by atoms with Gasteiger partial charge in [-0.2, -0.15) is 0 Å². The van der Waals surface area contributed by atoms with Gasteiger partial charge in [0.2, 0.25) is 5.91 Å². The molecule has 26 heavy (non-hydrogen) atoms. The molecular weight excluding hydrogens is 328 g/mol. The number of ether oxygens (including phenoxy) is 1. The van der Waals surface area contributed by atoms with Gasteiger partial charge in [0.25, 0.3) is 0 Å². The van der Waals surface area contributed by atoms with Crippen molar-refractivity contribution in [1.82, 2.24) is 9.80 Å². The molecule has 2 aliphatic heterocycles. The summed E-state index contributed by atoms with van der Waals surface area (Å²) in [4.78, 5) is 28.6. The summed E-state index contributed by atoms with van der Waals surface area (Å²) in [6.07, 6.45) is 5.75. The Labute approximate surface area is 159 Å². The molecule has 2 amide bonds. The topological polar surface area (TPSA) is 49.9 Å². The molecule has 2 atom stereocenters. The third kappa shape index (κ3) is 6.48. The molecule has 5 nitrogen and oxygen atoms in total. The molecule has 0 N–H and O–H groups in total. The molecule has 0 saturated carbocycles.